The Balaban J connectivity index is 1.13. The van der Waals surface area contributed by atoms with E-state index in [-0.39, 0.29) is 11.2 Å². The van der Waals surface area contributed by atoms with Gasteiger partial charge in [0.05, 0.1) is 12.0 Å². The minimum atomic E-state index is -1.09. The lowest BCUT2D eigenvalue weighted by atomic mass is 9.86. The second-order valence-electron chi connectivity index (χ2n) is 12.5. The third kappa shape index (κ3) is 6.28. The van der Waals surface area contributed by atoms with Gasteiger partial charge in [-0.2, -0.15) is 0 Å². The van der Waals surface area contributed by atoms with Crippen LogP contribution in [0.4, 0.5) is 0 Å². The fourth-order valence-corrected chi connectivity index (χ4v) is 5.75. The monoisotopic (exact) mass is 549 g/mol. The van der Waals surface area contributed by atoms with Crippen LogP contribution in [-0.2, 0) is 21.4 Å². The summed E-state index contributed by atoms with van der Waals surface area (Å²) in [5.41, 5.74) is 4.44. The van der Waals surface area contributed by atoms with Crippen molar-refractivity contribution in [2.75, 3.05) is 13.1 Å². The Morgan fingerprint density at radius 1 is 1.07 bits per heavy atom. The van der Waals surface area contributed by atoms with Gasteiger partial charge in [0, 0.05) is 25.4 Å². The van der Waals surface area contributed by atoms with E-state index in [0.717, 1.165) is 43.5 Å². The molecule has 0 amide bonds. The maximum absolute atomic E-state index is 12.6. The third-order valence-electron chi connectivity index (χ3n) is 8.53. The minimum Gasteiger partial charge on any atom is -0.387 e. The standard InChI is InChI=1S/C31H43N5O4/c1-20-26-29(33-18-32-20)36(19-34-26)30-28(39)27(38)25(40-30)17-35(23-8-7-9-23)15-6-5-10-24(37)16-21-11-13-22(14-12-21)31(2,3)4/h11-14,18-19,23,25,27-28,30,38-39H,5-10,15-17H2,1-4H3/t25-,27-,28-,30-/m1/s1. The Morgan fingerprint density at radius 3 is 2.50 bits per heavy atom. The number of nitrogens with zero attached hydrogens (tertiary/aromatic N) is 5. The highest BCUT2D eigenvalue weighted by Gasteiger charge is 2.45. The minimum absolute atomic E-state index is 0.106. The molecule has 1 aliphatic heterocycles. The molecule has 9 nitrogen and oxygen atoms in total. The van der Waals surface area contributed by atoms with Gasteiger partial charge in [-0.15, -0.1) is 0 Å². The van der Waals surface area contributed by atoms with Gasteiger partial charge in [-0.1, -0.05) is 51.5 Å². The zero-order chi connectivity index (χ0) is 28.4. The number of fused-ring (bicyclic) bond motifs is 1. The number of ether oxygens (including phenoxy) is 1. The van der Waals surface area contributed by atoms with Crippen molar-refractivity contribution in [2.24, 2.45) is 0 Å². The largest absolute Gasteiger partial charge is 0.387 e. The lowest BCUT2D eigenvalue weighted by molar-refractivity contribution is -0.118. The number of benzene rings is 1. The molecule has 1 saturated carbocycles. The second kappa shape index (κ2) is 12.0. The first-order valence-electron chi connectivity index (χ1n) is 14.6. The highest BCUT2D eigenvalue weighted by Crippen LogP contribution is 2.34. The average molecular weight is 550 g/mol. The number of carbonyl (C=O) groups is 1. The summed E-state index contributed by atoms with van der Waals surface area (Å²) in [6, 6.07) is 8.86. The SMILES string of the molecule is Cc1ncnc2c1ncn2[C@@H]1O[C@H](CN(CCCCC(=O)Cc2ccc(C(C)(C)C)cc2)C2CCC2)[C@@H](O)[C@H]1O. The Kier molecular flexibility index (Phi) is 8.66. The molecule has 1 aliphatic carbocycles. The van der Waals surface area contributed by atoms with E-state index in [1.165, 1.54) is 18.3 Å². The van der Waals surface area contributed by atoms with Crippen molar-refractivity contribution in [3.8, 4) is 0 Å². The van der Waals surface area contributed by atoms with E-state index in [0.29, 0.717) is 36.6 Å². The topological polar surface area (TPSA) is 114 Å². The van der Waals surface area contributed by atoms with Gasteiger partial charge in [-0.3, -0.25) is 14.3 Å². The zero-order valence-electron chi connectivity index (χ0n) is 24.2. The molecule has 5 rings (SSSR count). The molecule has 1 saturated heterocycles. The molecule has 216 valence electrons. The van der Waals surface area contributed by atoms with Crippen molar-refractivity contribution in [3.05, 3.63) is 53.7 Å². The van der Waals surface area contributed by atoms with Gasteiger partial charge in [0.1, 0.15) is 35.9 Å². The maximum Gasteiger partial charge on any atom is 0.165 e. The number of carbonyl (C=O) groups excluding carboxylic acids is 1. The van der Waals surface area contributed by atoms with E-state index >= 15 is 0 Å². The van der Waals surface area contributed by atoms with Crippen LogP contribution >= 0.6 is 0 Å². The van der Waals surface area contributed by atoms with Gasteiger partial charge in [-0.25, -0.2) is 15.0 Å². The number of imidazole rings is 1. The molecule has 3 heterocycles. The van der Waals surface area contributed by atoms with Gasteiger partial charge < -0.3 is 14.9 Å². The molecule has 2 aromatic heterocycles. The first-order valence-corrected chi connectivity index (χ1v) is 14.6. The van der Waals surface area contributed by atoms with Crippen molar-refractivity contribution in [1.82, 2.24) is 24.4 Å². The van der Waals surface area contributed by atoms with Crippen LogP contribution in [0.2, 0.25) is 0 Å². The molecule has 0 bridgehead atoms. The Morgan fingerprint density at radius 2 is 1.82 bits per heavy atom. The molecule has 0 unspecified atom stereocenters. The first kappa shape index (κ1) is 28.8. The summed E-state index contributed by atoms with van der Waals surface area (Å²) in [7, 11) is 0. The van der Waals surface area contributed by atoms with E-state index in [1.54, 1.807) is 10.9 Å². The third-order valence-corrected chi connectivity index (χ3v) is 8.53. The van der Waals surface area contributed by atoms with E-state index in [1.807, 2.05) is 6.92 Å². The van der Waals surface area contributed by atoms with Crippen molar-refractivity contribution in [3.63, 3.8) is 0 Å². The van der Waals surface area contributed by atoms with Gasteiger partial charge >= 0.3 is 0 Å². The summed E-state index contributed by atoms with van der Waals surface area (Å²) in [5.74, 6) is 0.269. The smallest absolute Gasteiger partial charge is 0.165 e. The molecule has 1 aromatic carbocycles. The van der Waals surface area contributed by atoms with Crippen LogP contribution in [0.5, 0.6) is 0 Å². The van der Waals surface area contributed by atoms with Crippen LogP contribution in [0.25, 0.3) is 11.2 Å². The molecule has 0 radical (unpaired) electrons. The summed E-state index contributed by atoms with van der Waals surface area (Å²) in [4.78, 5) is 27.9. The summed E-state index contributed by atoms with van der Waals surface area (Å²) in [6.07, 6.45) is 5.90. The number of hydrogen-bond donors (Lipinski definition) is 2. The van der Waals surface area contributed by atoms with Crippen molar-refractivity contribution in [2.45, 2.75) is 109 Å². The van der Waals surface area contributed by atoms with E-state index < -0.39 is 24.5 Å². The van der Waals surface area contributed by atoms with Crippen LogP contribution < -0.4 is 0 Å². The number of aromatic nitrogens is 4. The van der Waals surface area contributed by atoms with E-state index in [4.69, 9.17) is 4.74 Å². The Hall–Kier alpha value is -2.72. The molecule has 2 N–H and O–H groups in total. The normalized spacial score (nSPS) is 23.7. The summed E-state index contributed by atoms with van der Waals surface area (Å²) in [6.45, 7) is 9.81. The fraction of sp³-hybridized carbons (Fsp3) is 0.613. The lowest BCUT2D eigenvalue weighted by Crippen LogP contribution is -2.47. The van der Waals surface area contributed by atoms with E-state index in [9.17, 15) is 15.0 Å². The number of unbranched alkanes of at least 4 members (excludes halogenated alkanes) is 1. The number of hydrogen-bond acceptors (Lipinski definition) is 8. The first-order chi connectivity index (χ1) is 19.1. The van der Waals surface area contributed by atoms with Crippen molar-refractivity contribution >= 4 is 16.9 Å². The lowest BCUT2D eigenvalue weighted by Gasteiger charge is -2.39. The number of aliphatic hydroxyl groups is 2. The molecular formula is C31H43N5O4. The zero-order valence-corrected chi connectivity index (χ0v) is 24.2. The van der Waals surface area contributed by atoms with Crippen LogP contribution in [0.1, 0.15) is 82.3 Å². The molecule has 9 heteroatoms. The number of ketones is 1. The number of aliphatic hydroxyl groups excluding tert-OH is 2. The maximum atomic E-state index is 12.6. The summed E-state index contributed by atoms with van der Waals surface area (Å²) >= 11 is 0. The summed E-state index contributed by atoms with van der Waals surface area (Å²) in [5, 5.41) is 21.8. The van der Waals surface area contributed by atoms with Crippen molar-refractivity contribution in [1.29, 1.82) is 0 Å². The number of Topliss-reactive ketones (excluding diaryl/α,β-unsaturated/α-hetero) is 1. The predicted octanol–water partition coefficient (Wildman–Crippen LogP) is 3.89. The number of rotatable bonds is 11. The Labute approximate surface area is 236 Å². The summed E-state index contributed by atoms with van der Waals surface area (Å²) < 4.78 is 7.92. The highest BCUT2D eigenvalue weighted by molar-refractivity contribution is 5.80. The van der Waals surface area contributed by atoms with Crippen LogP contribution in [0.15, 0.2) is 36.9 Å². The Bertz CT molecular complexity index is 1300. The molecule has 2 fully saturated rings. The molecule has 2 aliphatic rings. The molecule has 4 atom stereocenters. The van der Waals surface area contributed by atoms with Gasteiger partial charge in [0.15, 0.2) is 11.9 Å². The quantitative estimate of drug-likeness (QED) is 0.347. The average Bonchev–Trinajstić information content (AvgIpc) is 3.42. The van der Waals surface area contributed by atoms with E-state index in [2.05, 4.69) is 64.9 Å². The molecular weight excluding hydrogens is 506 g/mol. The van der Waals surface area contributed by atoms with Crippen LogP contribution in [0, 0.1) is 6.92 Å². The molecule has 0 spiro atoms. The van der Waals surface area contributed by atoms with Gasteiger partial charge in [0.2, 0.25) is 0 Å². The molecule has 3 aromatic rings. The molecule has 40 heavy (non-hydrogen) atoms. The second-order valence-corrected chi connectivity index (χ2v) is 12.5. The fourth-order valence-electron chi connectivity index (χ4n) is 5.75. The van der Waals surface area contributed by atoms with Gasteiger partial charge in [-0.05, 0) is 55.7 Å². The number of aryl methyl sites for hydroxylation is 1. The highest BCUT2D eigenvalue weighted by atomic mass is 16.6. The van der Waals surface area contributed by atoms with Crippen LogP contribution in [-0.4, -0.2) is 77.9 Å². The van der Waals surface area contributed by atoms with Crippen molar-refractivity contribution < 1.29 is 19.7 Å². The van der Waals surface area contributed by atoms with Crippen LogP contribution in [0.3, 0.4) is 0 Å². The predicted molar refractivity (Wildman–Crippen MR) is 153 cm³/mol. The van der Waals surface area contributed by atoms with Gasteiger partial charge in [0.25, 0.3) is 0 Å².